The highest BCUT2D eigenvalue weighted by molar-refractivity contribution is 6.14. The van der Waals surface area contributed by atoms with Crippen LogP contribution in [0, 0.1) is 26.2 Å². The fourth-order valence-corrected chi connectivity index (χ4v) is 2.01. The fourth-order valence-electron chi connectivity index (χ4n) is 2.01. The second-order valence-corrected chi connectivity index (χ2v) is 5.42. The van der Waals surface area contributed by atoms with Gasteiger partial charge in [-0.05, 0) is 51.8 Å². The van der Waals surface area contributed by atoms with Crippen molar-refractivity contribution in [3.63, 3.8) is 0 Å². The number of carbonyl (C=O) groups is 2. The van der Waals surface area contributed by atoms with E-state index in [9.17, 15) is 9.59 Å². The molecule has 1 amide bonds. The summed E-state index contributed by atoms with van der Waals surface area (Å²) < 4.78 is 0. The summed E-state index contributed by atoms with van der Waals surface area (Å²) in [5.74, 6) is -0.597. The quantitative estimate of drug-likeness (QED) is 0.666. The summed E-state index contributed by atoms with van der Waals surface area (Å²) in [6, 6.07) is 4.01. The largest absolute Gasteiger partial charge is 0.325 e. The Bertz CT molecular complexity index is 519. The van der Waals surface area contributed by atoms with E-state index in [1.54, 1.807) is 13.8 Å². The van der Waals surface area contributed by atoms with E-state index in [1.165, 1.54) is 6.08 Å². The predicted octanol–water partition coefficient (Wildman–Crippen LogP) is 3.33. The smallest absolute Gasteiger partial charge is 0.237 e. The normalized spacial score (nSPS) is 11.0. The van der Waals surface area contributed by atoms with E-state index in [0.717, 1.165) is 22.4 Å². The third kappa shape index (κ3) is 3.11. The van der Waals surface area contributed by atoms with Crippen LogP contribution >= 0.6 is 0 Å². The van der Waals surface area contributed by atoms with Gasteiger partial charge in [0.15, 0.2) is 5.78 Å². The van der Waals surface area contributed by atoms with E-state index < -0.39 is 5.41 Å². The Hall–Kier alpha value is -1.90. The zero-order valence-electron chi connectivity index (χ0n) is 12.3. The molecule has 0 heterocycles. The lowest BCUT2D eigenvalue weighted by atomic mass is 9.86. The number of nitrogens with one attached hydrogen (secondary N) is 1. The van der Waals surface area contributed by atoms with Crippen molar-refractivity contribution in [2.45, 2.75) is 34.6 Å². The molecule has 0 unspecified atom stereocenters. The molecule has 0 aromatic heterocycles. The summed E-state index contributed by atoms with van der Waals surface area (Å²) >= 11 is 0. The first kappa shape index (κ1) is 15.2. The molecule has 1 rings (SSSR count). The number of anilines is 1. The summed E-state index contributed by atoms with van der Waals surface area (Å²) in [5.41, 5.74) is 2.81. The van der Waals surface area contributed by atoms with Gasteiger partial charge in [0.2, 0.25) is 5.91 Å². The number of rotatable bonds is 4. The van der Waals surface area contributed by atoms with Gasteiger partial charge in [-0.2, -0.15) is 0 Å². The third-order valence-corrected chi connectivity index (χ3v) is 3.28. The van der Waals surface area contributed by atoms with Crippen LogP contribution in [-0.4, -0.2) is 11.7 Å². The Morgan fingerprint density at radius 2 is 1.63 bits per heavy atom. The summed E-state index contributed by atoms with van der Waals surface area (Å²) in [5, 5.41) is 2.85. The van der Waals surface area contributed by atoms with Crippen LogP contribution in [0.5, 0.6) is 0 Å². The molecule has 0 atom stereocenters. The first-order valence-electron chi connectivity index (χ1n) is 6.26. The van der Waals surface area contributed by atoms with Crippen LogP contribution in [0.3, 0.4) is 0 Å². The number of amides is 1. The van der Waals surface area contributed by atoms with Crippen LogP contribution in [0.15, 0.2) is 24.8 Å². The van der Waals surface area contributed by atoms with Gasteiger partial charge in [-0.3, -0.25) is 9.59 Å². The van der Waals surface area contributed by atoms with E-state index >= 15 is 0 Å². The predicted molar refractivity (Wildman–Crippen MR) is 78.3 cm³/mol. The SMILES string of the molecule is C=CC(=O)C(C)(C)C(=O)Nc1c(C)cc(C)cc1C. The molecule has 3 nitrogen and oxygen atoms in total. The van der Waals surface area contributed by atoms with Gasteiger partial charge < -0.3 is 5.32 Å². The molecule has 3 heteroatoms. The molecule has 0 aliphatic rings. The molecule has 0 saturated heterocycles. The molecule has 0 bridgehead atoms. The molecule has 1 aromatic rings. The van der Waals surface area contributed by atoms with Crippen molar-refractivity contribution in [1.82, 2.24) is 0 Å². The molecule has 1 aromatic carbocycles. The molecule has 102 valence electrons. The summed E-state index contributed by atoms with van der Waals surface area (Å²) in [7, 11) is 0. The fraction of sp³-hybridized carbons (Fsp3) is 0.375. The number of hydrogen-bond acceptors (Lipinski definition) is 2. The maximum Gasteiger partial charge on any atom is 0.237 e. The van der Waals surface area contributed by atoms with Gasteiger partial charge in [0, 0.05) is 5.69 Å². The van der Waals surface area contributed by atoms with Gasteiger partial charge in [0.25, 0.3) is 0 Å². The molecular weight excluding hydrogens is 238 g/mol. The second kappa shape index (κ2) is 5.39. The van der Waals surface area contributed by atoms with Crippen LogP contribution in [0.4, 0.5) is 5.69 Å². The number of allylic oxidation sites excluding steroid dienone is 1. The minimum atomic E-state index is -1.11. The summed E-state index contributed by atoms with van der Waals surface area (Å²) in [6.07, 6.45) is 1.19. The maximum absolute atomic E-state index is 12.2. The first-order chi connectivity index (χ1) is 8.70. The third-order valence-electron chi connectivity index (χ3n) is 3.28. The minimum Gasteiger partial charge on any atom is -0.325 e. The number of benzene rings is 1. The second-order valence-electron chi connectivity index (χ2n) is 5.42. The van der Waals surface area contributed by atoms with Crippen molar-refractivity contribution < 1.29 is 9.59 Å². The monoisotopic (exact) mass is 259 g/mol. The number of hydrogen-bond donors (Lipinski definition) is 1. The van der Waals surface area contributed by atoms with Crippen molar-refractivity contribution in [2.24, 2.45) is 5.41 Å². The standard InChI is InChI=1S/C16H21NO2/c1-7-13(18)16(5,6)15(19)17-14-11(3)8-10(2)9-12(14)4/h7-9H,1H2,2-6H3,(H,17,19). The Morgan fingerprint density at radius 1 is 1.16 bits per heavy atom. The number of ketones is 1. The zero-order valence-corrected chi connectivity index (χ0v) is 12.3. The molecular formula is C16H21NO2. The van der Waals surface area contributed by atoms with Gasteiger partial charge in [-0.25, -0.2) is 0 Å². The highest BCUT2D eigenvalue weighted by Crippen LogP contribution is 2.25. The lowest BCUT2D eigenvalue weighted by Crippen LogP contribution is -2.37. The number of carbonyl (C=O) groups excluding carboxylic acids is 2. The highest BCUT2D eigenvalue weighted by Gasteiger charge is 2.34. The molecule has 0 spiro atoms. The van der Waals surface area contributed by atoms with Crippen molar-refractivity contribution in [1.29, 1.82) is 0 Å². The Morgan fingerprint density at radius 3 is 2.05 bits per heavy atom. The van der Waals surface area contributed by atoms with Crippen LogP contribution < -0.4 is 5.32 Å². The molecule has 19 heavy (non-hydrogen) atoms. The zero-order chi connectivity index (χ0) is 14.8. The molecule has 1 N–H and O–H groups in total. The lowest BCUT2D eigenvalue weighted by molar-refractivity contribution is -0.134. The van der Waals surface area contributed by atoms with Gasteiger partial charge in [0.1, 0.15) is 5.41 Å². The van der Waals surface area contributed by atoms with Crippen molar-refractivity contribution in [3.05, 3.63) is 41.5 Å². The Labute approximate surface area is 114 Å². The van der Waals surface area contributed by atoms with Crippen LogP contribution in [0.2, 0.25) is 0 Å². The first-order valence-corrected chi connectivity index (χ1v) is 6.26. The van der Waals surface area contributed by atoms with Crippen molar-refractivity contribution >= 4 is 17.4 Å². The Kier molecular flexibility index (Phi) is 4.30. The average Bonchev–Trinajstić information content (AvgIpc) is 2.31. The summed E-state index contributed by atoms with van der Waals surface area (Å²) in [4.78, 5) is 24.0. The topological polar surface area (TPSA) is 46.2 Å². The van der Waals surface area contributed by atoms with E-state index in [1.807, 2.05) is 32.9 Å². The van der Waals surface area contributed by atoms with Gasteiger partial charge >= 0.3 is 0 Å². The maximum atomic E-state index is 12.2. The van der Waals surface area contributed by atoms with Crippen LogP contribution in [0.25, 0.3) is 0 Å². The molecule has 0 radical (unpaired) electrons. The molecule has 0 aliphatic carbocycles. The van der Waals surface area contributed by atoms with E-state index in [0.29, 0.717) is 0 Å². The van der Waals surface area contributed by atoms with Gasteiger partial charge in [0.05, 0.1) is 0 Å². The minimum absolute atomic E-state index is 0.285. The molecule has 0 fully saturated rings. The van der Waals surface area contributed by atoms with Crippen LogP contribution in [0.1, 0.15) is 30.5 Å². The van der Waals surface area contributed by atoms with E-state index in [4.69, 9.17) is 0 Å². The van der Waals surface area contributed by atoms with Crippen LogP contribution in [-0.2, 0) is 9.59 Å². The van der Waals surface area contributed by atoms with Crippen molar-refractivity contribution in [3.8, 4) is 0 Å². The lowest BCUT2D eigenvalue weighted by Gasteiger charge is -2.22. The van der Waals surface area contributed by atoms with Gasteiger partial charge in [-0.15, -0.1) is 0 Å². The molecule has 0 aliphatic heterocycles. The molecule has 0 saturated carbocycles. The average molecular weight is 259 g/mol. The number of aryl methyl sites for hydroxylation is 3. The van der Waals surface area contributed by atoms with E-state index in [-0.39, 0.29) is 11.7 Å². The van der Waals surface area contributed by atoms with E-state index in [2.05, 4.69) is 11.9 Å². The summed E-state index contributed by atoms with van der Waals surface area (Å²) in [6.45, 7) is 12.5. The van der Waals surface area contributed by atoms with Crippen molar-refractivity contribution in [2.75, 3.05) is 5.32 Å². The Balaban J connectivity index is 3.07. The highest BCUT2D eigenvalue weighted by atomic mass is 16.2. The van der Waals surface area contributed by atoms with Gasteiger partial charge in [-0.1, -0.05) is 24.3 Å².